The molecule has 2 rings (SSSR count). The number of hydrogen-bond donors (Lipinski definition) is 1. The molecule has 0 saturated carbocycles. The first-order valence-electron chi connectivity index (χ1n) is 6.89. The summed E-state index contributed by atoms with van der Waals surface area (Å²) in [7, 11) is 0. The lowest BCUT2D eigenvalue weighted by molar-refractivity contribution is 0.554. The summed E-state index contributed by atoms with van der Waals surface area (Å²) in [5.41, 5.74) is 2.45. The fourth-order valence-corrected chi connectivity index (χ4v) is 2.91. The summed E-state index contributed by atoms with van der Waals surface area (Å²) >= 11 is 3.41. The Labute approximate surface area is 128 Å². The normalized spacial score (nSPS) is 12.3. The topological polar surface area (TPSA) is 12.0 Å². The molecule has 1 nitrogen and oxygen atoms in total. The van der Waals surface area contributed by atoms with Crippen LogP contribution in [-0.4, -0.2) is 6.54 Å². The van der Waals surface area contributed by atoms with Gasteiger partial charge in [-0.15, -0.1) is 0 Å². The number of benzene rings is 2. The highest BCUT2D eigenvalue weighted by Gasteiger charge is 2.09. The van der Waals surface area contributed by atoms with Gasteiger partial charge in [-0.3, -0.25) is 0 Å². The molecule has 0 heterocycles. The minimum absolute atomic E-state index is 0.209. The van der Waals surface area contributed by atoms with E-state index in [4.69, 9.17) is 0 Å². The lowest BCUT2D eigenvalue weighted by Crippen LogP contribution is -2.20. The average molecular weight is 336 g/mol. The van der Waals surface area contributed by atoms with Crippen molar-refractivity contribution in [1.82, 2.24) is 5.32 Å². The zero-order valence-electron chi connectivity index (χ0n) is 11.6. The first-order valence-corrected chi connectivity index (χ1v) is 7.68. The lowest BCUT2D eigenvalue weighted by Gasteiger charge is -2.16. The zero-order valence-corrected chi connectivity index (χ0v) is 13.2. The largest absolute Gasteiger partial charge is 0.310 e. The van der Waals surface area contributed by atoms with Gasteiger partial charge in [0, 0.05) is 10.5 Å². The van der Waals surface area contributed by atoms with Gasteiger partial charge in [-0.05, 0) is 49.6 Å². The van der Waals surface area contributed by atoms with Crippen molar-refractivity contribution in [2.24, 2.45) is 0 Å². The SMILES string of the molecule is CC(NCCCc1ccccc1)c1ccc(F)cc1Br. The Kier molecular flexibility index (Phi) is 5.74. The molecular weight excluding hydrogens is 317 g/mol. The Balaban J connectivity index is 1.79. The van der Waals surface area contributed by atoms with Gasteiger partial charge < -0.3 is 5.32 Å². The molecule has 0 aliphatic heterocycles. The maximum absolute atomic E-state index is 13.1. The first kappa shape index (κ1) is 15.2. The van der Waals surface area contributed by atoms with E-state index in [1.165, 1.54) is 17.7 Å². The summed E-state index contributed by atoms with van der Waals surface area (Å²) in [6.07, 6.45) is 2.16. The number of halogens is 2. The standard InChI is InChI=1S/C17H19BrFN/c1-13(16-10-9-15(19)12-17(16)18)20-11-5-8-14-6-3-2-4-7-14/h2-4,6-7,9-10,12-13,20H,5,8,11H2,1H3. The summed E-state index contributed by atoms with van der Waals surface area (Å²) in [4.78, 5) is 0. The molecule has 0 fully saturated rings. The number of nitrogens with one attached hydrogen (secondary N) is 1. The smallest absolute Gasteiger partial charge is 0.124 e. The van der Waals surface area contributed by atoms with E-state index in [-0.39, 0.29) is 11.9 Å². The summed E-state index contributed by atoms with van der Waals surface area (Å²) < 4.78 is 13.9. The van der Waals surface area contributed by atoms with Crippen LogP contribution in [0, 0.1) is 5.82 Å². The molecule has 0 amide bonds. The number of aryl methyl sites for hydroxylation is 1. The first-order chi connectivity index (χ1) is 9.66. The second kappa shape index (κ2) is 7.55. The summed E-state index contributed by atoms with van der Waals surface area (Å²) in [5.74, 6) is -0.211. The van der Waals surface area contributed by atoms with Crippen LogP contribution in [0.1, 0.15) is 30.5 Å². The summed E-state index contributed by atoms with van der Waals surface area (Å²) in [6.45, 7) is 3.04. The molecule has 0 radical (unpaired) electrons. The monoisotopic (exact) mass is 335 g/mol. The van der Waals surface area contributed by atoms with Crippen molar-refractivity contribution in [2.45, 2.75) is 25.8 Å². The van der Waals surface area contributed by atoms with Gasteiger partial charge in [-0.1, -0.05) is 52.3 Å². The van der Waals surface area contributed by atoms with Crippen LogP contribution >= 0.6 is 15.9 Å². The van der Waals surface area contributed by atoms with E-state index in [1.807, 2.05) is 12.1 Å². The fourth-order valence-electron chi connectivity index (χ4n) is 2.22. The third-order valence-corrected chi connectivity index (χ3v) is 4.05. The van der Waals surface area contributed by atoms with Crippen LogP contribution in [0.3, 0.4) is 0 Å². The number of rotatable bonds is 6. The average Bonchev–Trinajstić information content (AvgIpc) is 2.44. The third kappa shape index (κ3) is 4.43. The fraction of sp³-hybridized carbons (Fsp3) is 0.294. The summed E-state index contributed by atoms with van der Waals surface area (Å²) in [5, 5.41) is 3.48. The Morgan fingerprint density at radius 2 is 1.90 bits per heavy atom. The van der Waals surface area contributed by atoms with E-state index < -0.39 is 0 Å². The highest BCUT2D eigenvalue weighted by molar-refractivity contribution is 9.10. The van der Waals surface area contributed by atoms with Gasteiger partial charge in [-0.2, -0.15) is 0 Å². The zero-order chi connectivity index (χ0) is 14.4. The van der Waals surface area contributed by atoms with Gasteiger partial charge in [0.2, 0.25) is 0 Å². The molecule has 0 aliphatic rings. The number of hydrogen-bond acceptors (Lipinski definition) is 1. The highest BCUT2D eigenvalue weighted by atomic mass is 79.9. The van der Waals surface area contributed by atoms with E-state index >= 15 is 0 Å². The van der Waals surface area contributed by atoms with Crippen molar-refractivity contribution < 1.29 is 4.39 Å². The van der Waals surface area contributed by atoms with E-state index in [9.17, 15) is 4.39 Å². The Bertz CT molecular complexity index is 542. The molecule has 2 aromatic rings. The Morgan fingerprint density at radius 1 is 1.15 bits per heavy atom. The van der Waals surface area contributed by atoms with E-state index in [0.29, 0.717) is 0 Å². The maximum Gasteiger partial charge on any atom is 0.124 e. The minimum Gasteiger partial charge on any atom is -0.310 e. The van der Waals surface area contributed by atoms with Gasteiger partial charge in [0.05, 0.1) is 0 Å². The van der Waals surface area contributed by atoms with Crippen LogP contribution < -0.4 is 5.32 Å². The van der Waals surface area contributed by atoms with Crippen molar-refractivity contribution >= 4 is 15.9 Å². The van der Waals surface area contributed by atoms with Crippen LogP contribution in [0.25, 0.3) is 0 Å². The van der Waals surface area contributed by atoms with Gasteiger partial charge in [-0.25, -0.2) is 4.39 Å². The molecule has 0 spiro atoms. The van der Waals surface area contributed by atoms with Gasteiger partial charge in [0.25, 0.3) is 0 Å². The Morgan fingerprint density at radius 3 is 2.60 bits per heavy atom. The molecule has 0 aliphatic carbocycles. The van der Waals surface area contributed by atoms with Crippen molar-refractivity contribution in [3.05, 3.63) is 69.9 Å². The van der Waals surface area contributed by atoms with E-state index in [1.54, 1.807) is 0 Å². The molecule has 0 aromatic heterocycles. The molecule has 1 N–H and O–H groups in total. The highest BCUT2D eigenvalue weighted by Crippen LogP contribution is 2.24. The molecule has 0 bridgehead atoms. The quantitative estimate of drug-likeness (QED) is 0.742. The molecule has 0 saturated heterocycles. The van der Waals surface area contributed by atoms with Gasteiger partial charge >= 0.3 is 0 Å². The van der Waals surface area contributed by atoms with Crippen LogP contribution in [0.15, 0.2) is 53.0 Å². The molecule has 1 unspecified atom stereocenters. The van der Waals surface area contributed by atoms with Crippen LogP contribution in [0.5, 0.6) is 0 Å². The minimum atomic E-state index is -0.211. The molecule has 1 atom stereocenters. The van der Waals surface area contributed by atoms with Crippen molar-refractivity contribution in [3.8, 4) is 0 Å². The van der Waals surface area contributed by atoms with Crippen molar-refractivity contribution in [3.63, 3.8) is 0 Å². The molecule has 20 heavy (non-hydrogen) atoms. The van der Waals surface area contributed by atoms with Crippen molar-refractivity contribution in [2.75, 3.05) is 6.54 Å². The molecule has 3 heteroatoms. The van der Waals surface area contributed by atoms with Crippen LogP contribution in [0.2, 0.25) is 0 Å². The van der Waals surface area contributed by atoms with Crippen LogP contribution in [0.4, 0.5) is 4.39 Å². The second-order valence-corrected chi connectivity index (χ2v) is 5.79. The van der Waals surface area contributed by atoms with E-state index in [2.05, 4.69) is 52.4 Å². The molecule has 106 valence electrons. The predicted octanol–water partition coefficient (Wildman–Crippen LogP) is 4.87. The molecular formula is C17H19BrFN. The predicted molar refractivity (Wildman–Crippen MR) is 85.3 cm³/mol. The maximum atomic E-state index is 13.1. The van der Waals surface area contributed by atoms with Crippen LogP contribution in [-0.2, 0) is 6.42 Å². The third-order valence-electron chi connectivity index (χ3n) is 3.36. The second-order valence-electron chi connectivity index (χ2n) is 4.93. The van der Waals surface area contributed by atoms with Crippen molar-refractivity contribution in [1.29, 1.82) is 0 Å². The lowest BCUT2D eigenvalue weighted by atomic mass is 10.1. The summed E-state index contributed by atoms with van der Waals surface area (Å²) in [6, 6.07) is 15.5. The van der Waals surface area contributed by atoms with Gasteiger partial charge in [0.1, 0.15) is 5.82 Å². The van der Waals surface area contributed by atoms with E-state index in [0.717, 1.165) is 29.4 Å². The van der Waals surface area contributed by atoms with Gasteiger partial charge in [0.15, 0.2) is 0 Å². The Hall–Kier alpha value is -1.19. The molecule has 2 aromatic carbocycles.